The van der Waals surface area contributed by atoms with E-state index in [1.54, 1.807) is 20.8 Å². The number of carboxylic acid groups (broad SMARTS) is 1. The molecule has 7 N–H and O–H groups in total. The van der Waals surface area contributed by atoms with Crippen molar-refractivity contribution in [1.29, 1.82) is 0 Å². The van der Waals surface area contributed by atoms with Gasteiger partial charge in [-0.05, 0) is 25.7 Å². The maximum atomic E-state index is 12.6. The van der Waals surface area contributed by atoms with Crippen LogP contribution in [0.4, 0.5) is 0 Å². The van der Waals surface area contributed by atoms with E-state index < -0.39 is 54.0 Å². The maximum Gasteiger partial charge on any atom is 0.325 e. The van der Waals surface area contributed by atoms with Gasteiger partial charge in [0.05, 0.1) is 12.1 Å². The normalized spacial score (nSPS) is 17.6. The predicted octanol–water partition coefficient (Wildman–Crippen LogP) is -1.04. The van der Waals surface area contributed by atoms with E-state index in [2.05, 4.69) is 16.0 Å². The third kappa shape index (κ3) is 7.81. The number of amides is 3. The van der Waals surface area contributed by atoms with Crippen LogP contribution in [0.25, 0.3) is 0 Å². The van der Waals surface area contributed by atoms with Crippen LogP contribution in [0.3, 0.4) is 0 Å². The van der Waals surface area contributed by atoms with E-state index in [9.17, 15) is 24.3 Å². The quantitative estimate of drug-likeness (QED) is 0.256. The first-order chi connectivity index (χ1) is 12.8. The van der Waals surface area contributed by atoms with Crippen LogP contribution in [0.15, 0.2) is 0 Å². The fourth-order valence-electron chi connectivity index (χ4n) is 2.27. The Morgan fingerprint density at radius 2 is 1.32 bits per heavy atom. The number of carbonyl (C=O) groups is 4. The number of aliphatic hydroxyl groups is 1. The van der Waals surface area contributed by atoms with Crippen molar-refractivity contribution in [1.82, 2.24) is 16.0 Å². The van der Waals surface area contributed by atoms with Crippen LogP contribution in [-0.4, -0.2) is 64.2 Å². The molecule has 0 saturated carbocycles. The number of rotatable bonds is 11. The Bertz CT molecular complexity index is 566. The zero-order valence-corrected chi connectivity index (χ0v) is 17.4. The molecule has 3 amide bonds. The second-order valence-corrected chi connectivity index (χ2v) is 7.44. The fourth-order valence-corrected chi connectivity index (χ4v) is 2.27. The topological polar surface area (TPSA) is 171 Å². The first-order valence-corrected chi connectivity index (χ1v) is 9.40. The maximum absolute atomic E-state index is 12.6. The summed E-state index contributed by atoms with van der Waals surface area (Å²) >= 11 is 0. The van der Waals surface area contributed by atoms with E-state index in [4.69, 9.17) is 10.8 Å². The zero-order valence-electron chi connectivity index (χ0n) is 17.4. The van der Waals surface area contributed by atoms with Crippen LogP contribution in [0.2, 0.25) is 0 Å². The van der Waals surface area contributed by atoms with Crippen LogP contribution in [0.1, 0.15) is 48.0 Å². The smallest absolute Gasteiger partial charge is 0.325 e. The van der Waals surface area contributed by atoms with Crippen LogP contribution < -0.4 is 21.7 Å². The van der Waals surface area contributed by atoms with Crippen LogP contribution in [-0.2, 0) is 19.2 Å². The third-order valence-corrected chi connectivity index (χ3v) is 4.61. The van der Waals surface area contributed by atoms with Crippen LogP contribution in [0.5, 0.6) is 0 Å². The number of carbonyl (C=O) groups excluding carboxylic acids is 3. The molecule has 0 aromatic carbocycles. The molecule has 0 aromatic rings. The highest BCUT2D eigenvalue weighted by atomic mass is 16.4. The monoisotopic (exact) mass is 402 g/mol. The zero-order chi connectivity index (χ0) is 22.2. The molecule has 0 radical (unpaired) electrons. The molecule has 0 heterocycles. The van der Waals surface area contributed by atoms with E-state index in [0.29, 0.717) is 6.42 Å². The Balaban J connectivity index is 5.35. The van der Waals surface area contributed by atoms with Gasteiger partial charge in [-0.15, -0.1) is 0 Å². The van der Waals surface area contributed by atoms with Gasteiger partial charge < -0.3 is 31.9 Å². The number of aliphatic carboxylic acids is 1. The van der Waals surface area contributed by atoms with Crippen molar-refractivity contribution in [2.75, 3.05) is 0 Å². The van der Waals surface area contributed by atoms with Gasteiger partial charge in [0.15, 0.2) is 0 Å². The van der Waals surface area contributed by atoms with Gasteiger partial charge in [0.2, 0.25) is 17.7 Å². The van der Waals surface area contributed by atoms with Crippen molar-refractivity contribution in [3.63, 3.8) is 0 Å². The predicted molar refractivity (Wildman–Crippen MR) is 103 cm³/mol. The lowest BCUT2D eigenvalue weighted by atomic mass is 9.97. The van der Waals surface area contributed by atoms with E-state index in [-0.39, 0.29) is 11.8 Å². The summed E-state index contributed by atoms with van der Waals surface area (Å²) in [7, 11) is 0. The number of hydrogen-bond donors (Lipinski definition) is 6. The van der Waals surface area contributed by atoms with Gasteiger partial charge in [-0.3, -0.25) is 19.2 Å². The molecule has 6 unspecified atom stereocenters. The molecule has 0 rings (SSSR count). The first kappa shape index (κ1) is 25.8. The van der Waals surface area contributed by atoms with Crippen molar-refractivity contribution in [3.05, 3.63) is 0 Å². The highest BCUT2D eigenvalue weighted by Crippen LogP contribution is 2.10. The minimum Gasteiger partial charge on any atom is -0.480 e. The van der Waals surface area contributed by atoms with Crippen molar-refractivity contribution in [2.24, 2.45) is 17.6 Å². The summed E-state index contributed by atoms with van der Waals surface area (Å²) in [6.45, 7) is 9.66. The van der Waals surface area contributed by atoms with Gasteiger partial charge in [-0.1, -0.05) is 34.1 Å². The van der Waals surface area contributed by atoms with Gasteiger partial charge in [0.1, 0.15) is 18.1 Å². The van der Waals surface area contributed by atoms with Gasteiger partial charge >= 0.3 is 5.97 Å². The number of nitrogens with one attached hydrogen (secondary N) is 3. The Kier molecular flexibility index (Phi) is 10.7. The molecule has 0 aliphatic carbocycles. The lowest BCUT2D eigenvalue weighted by Crippen LogP contribution is -2.61. The van der Waals surface area contributed by atoms with E-state index in [0.717, 1.165) is 0 Å². The number of carboxylic acids is 1. The van der Waals surface area contributed by atoms with Crippen molar-refractivity contribution in [2.45, 2.75) is 78.2 Å². The largest absolute Gasteiger partial charge is 0.480 e. The van der Waals surface area contributed by atoms with E-state index >= 15 is 0 Å². The summed E-state index contributed by atoms with van der Waals surface area (Å²) in [4.78, 5) is 48.2. The van der Waals surface area contributed by atoms with Gasteiger partial charge in [0, 0.05) is 0 Å². The van der Waals surface area contributed by atoms with Gasteiger partial charge in [0.25, 0.3) is 0 Å². The molecule has 0 saturated heterocycles. The average Bonchev–Trinajstić information content (AvgIpc) is 2.61. The molecule has 6 atom stereocenters. The lowest BCUT2D eigenvalue weighted by Gasteiger charge is -2.29. The summed E-state index contributed by atoms with van der Waals surface area (Å²) < 4.78 is 0. The Hall–Kier alpha value is -2.20. The molecule has 10 nitrogen and oxygen atoms in total. The second-order valence-electron chi connectivity index (χ2n) is 7.44. The molecule has 0 fully saturated rings. The third-order valence-electron chi connectivity index (χ3n) is 4.61. The first-order valence-electron chi connectivity index (χ1n) is 9.40. The minimum absolute atomic E-state index is 0.172. The summed E-state index contributed by atoms with van der Waals surface area (Å²) in [5.41, 5.74) is 5.77. The summed E-state index contributed by atoms with van der Waals surface area (Å²) in [5, 5.41) is 26.1. The number of hydrogen-bond acceptors (Lipinski definition) is 6. The molecular formula is C18H34N4O6. The van der Waals surface area contributed by atoms with E-state index in [1.807, 2.05) is 6.92 Å². The molecule has 10 heteroatoms. The Labute approximate surface area is 165 Å². The van der Waals surface area contributed by atoms with Gasteiger partial charge in [-0.2, -0.15) is 0 Å². The summed E-state index contributed by atoms with van der Waals surface area (Å²) in [6.07, 6.45) is -0.703. The average molecular weight is 402 g/mol. The molecular weight excluding hydrogens is 368 g/mol. The highest BCUT2D eigenvalue weighted by molar-refractivity contribution is 5.94. The van der Waals surface area contributed by atoms with Crippen LogP contribution in [0, 0.1) is 11.8 Å². The Morgan fingerprint density at radius 3 is 1.71 bits per heavy atom. The van der Waals surface area contributed by atoms with Gasteiger partial charge in [-0.25, -0.2) is 0 Å². The standard InChI is InChI=1S/C18H34N4O6/c1-7-9(4)13(16(25)20-10(5)18(27)28)21-17(26)14(11(6)23)22-15(24)12(19)8(2)3/h8-14,23H,7,19H2,1-6H3,(H,20,25)(H,21,26)(H,22,24)(H,27,28). The van der Waals surface area contributed by atoms with Crippen molar-refractivity contribution < 1.29 is 29.4 Å². The molecule has 0 bridgehead atoms. The molecule has 0 aliphatic rings. The summed E-state index contributed by atoms with van der Waals surface area (Å²) in [6, 6.07) is -4.34. The molecule has 0 aliphatic heterocycles. The fraction of sp³-hybridized carbons (Fsp3) is 0.778. The number of aliphatic hydroxyl groups excluding tert-OH is 1. The lowest BCUT2D eigenvalue weighted by molar-refractivity contribution is -0.142. The van der Waals surface area contributed by atoms with Crippen molar-refractivity contribution >= 4 is 23.7 Å². The molecule has 0 aromatic heterocycles. The van der Waals surface area contributed by atoms with Crippen LogP contribution >= 0.6 is 0 Å². The second kappa shape index (κ2) is 11.6. The molecule has 28 heavy (non-hydrogen) atoms. The Morgan fingerprint density at radius 1 is 0.857 bits per heavy atom. The van der Waals surface area contributed by atoms with E-state index in [1.165, 1.54) is 13.8 Å². The molecule has 162 valence electrons. The summed E-state index contributed by atoms with van der Waals surface area (Å²) in [5.74, 6) is -3.71. The SMILES string of the molecule is CCC(C)C(NC(=O)C(NC(=O)C(N)C(C)C)C(C)O)C(=O)NC(C)C(=O)O. The minimum atomic E-state index is -1.31. The van der Waals surface area contributed by atoms with Crippen molar-refractivity contribution in [3.8, 4) is 0 Å². The number of nitrogens with two attached hydrogens (primary N) is 1. The molecule has 0 spiro atoms. The highest BCUT2D eigenvalue weighted by Gasteiger charge is 2.34.